The number of rotatable bonds is 5. The van der Waals surface area contributed by atoms with Gasteiger partial charge in [0.1, 0.15) is 12.6 Å². The van der Waals surface area contributed by atoms with Gasteiger partial charge in [-0.3, -0.25) is 0 Å². The molecule has 3 N–H and O–H groups in total. The molecule has 0 aromatic rings. The Labute approximate surface area is 96.4 Å². The Kier molecular flexibility index (Phi) is 5.77. The second-order valence-corrected chi connectivity index (χ2v) is 3.64. The van der Waals surface area contributed by atoms with Gasteiger partial charge < -0.3 is 15.7 Å². The van der Waals surface area contributed by atoms with Crippen LogP contribution >= 0.6 is 0 Å². The molecule has 0 bridgehead atoms. The molecule has 0 aromatic carbocycles. The number of hydrogen-bond acceptors (Lipinski definition) is 2. The highest BCUT2D eigenvalue weighted by Gasteiger charge is 2.30. The van der Waals surface area contributed by atoms with E-state index < -0.39 is 30.8 Å². The standard InChI is InChI=1S/C9H15F3N2O3/c1-3-5(2)6(7(15)16)14-8(17)13-4-9(10,11)12/h5-6H,3-4H2,1-2H3,(H,15,16)(H2,13,14,17)/t5-,6-/m0/s1. The number of carbonyl (C=O) groups is 2. The molecular formula is C9H15F3N2O3. The SMILES string of the molecule is CC[C@H](C)[C@H](NC(=O)NCC(F)(F)F)C(=O)O. The number of carbonyl (C=O) groups excluding carboxylic acids is 1. The fourth-order valence-corrected chi connectivity index (χ4v) is 1.06. The minimum atomic E-state index is -4.52. The van der Waals surface area contributed by atoms with Gasteiger partial charge in [0.2, 0.25) is 0 Å². The molecule has 0 saturated heterocycles. The zero-order valence-electron chi connectivity index (χ0n) is 9.47. The summed E-state index contributed by atoms with van der Waals surface area (Å²) in [5.41, 5.74) is 0. The van der Waals surface area contributed by atoms with E-state index in [1.165, 1.54) is 0 Å². The van der Waals surface area contributed by atoms with Crippen molar-refractivity contribution in [1.29, 1.82) is 0 Å². The van der Waals surface area contributed by atoms with Crippen molar-refractivity contribution in [2.24, 2.45) is 5.92 Å². The quantitative estimate of drug-likeness (QED) is 0.694. The van der Waals surface area contributed by atoms with Gasteiger partial charge in [-0.1, -0.05) is 20.3 Å². The topological polar surface area (TPSA) is 78.4 Å². The van der Waals surface area contributed by atoms with Gasteiger partial charge in [-0.05, 0) is 5.92 Å². The number of carboxylic acid groups (broad SMARTS) is 1. The number of aliphatic carboxylic acids is 1. The molecule has 0 fully saturated rings. The predicted octanol–water partition coefficient (Wildman–Crippen LogP) is 1.35. The summed E-state index contributed by atoms with van der Waals surface area (Å²) >= 11 is 0. The van der Waals surface area contributed by atoms with E-state index in [1.807, 2.05) is 5.32 Å². The Bertz CT molecular complexity index is 281. The molecule has 0 aromatic heterocycles. The van der Waals surface area contributed by atoms with E-state index in [0.717, 1.165) is 0 Å². The van der Waals surface area contributed by atoms with E-state index in [2.05, 4.69) is 0 Å². The van der Waals surface area contributed by atoms with Gasteiger partial charge in [-0.15, -0.1) is 0 Å². The van der Waals surface area contributed by atoms with Gasteiger partial charge in [-0.2, -0.15) is 13.2 Å². The normalized spacial score (nSPS) is 14.9. The van der Waals surface area contributed by atoms with Gasteiger partial charge in [0.05, 0.1) is 0 Å². The van der Waals surface area contributed by atoms with Crippen LogP contribution in [0.1, 0.15) is 20.3 Å². The maximum atomic E-state index is 11.8. The molecule has 0 aliphatic rings. The van der Waals surface area contributed by atoms with E-state index in [-0.39, 0.29) is 5.92 Å². The van der Waals surface area contributed by atoms with Gasteiger partial charge in [0, 0.05) is 0 Å². The molecule has 5 nitrogen and oxygen atoms in total. The summed E-state index contributed by atoms with van der Waals surface area (Å²) in [5.74, 6) is -1.65. The number of halogens is 3. The summed E-state index contributed by atoms with van der Waals surface area (Å²) < 4.78 is 35.3. The molecule has 0 aliphatic heterocycles. The van der Waals surface area contributed by atoms with Crippen LogP contribution in [0.25, 0.3) is 0 Å². The van der Waals surface area contributed by atoms with Crippen LogP contribution in [-0.2, 0) is 4.79 Å². The molecule has 0 unspecified atom stereocenters. The fourth-order valence-electron chi connectivity index (χ4n) is 1.06. The van der Waals surface area contributed by atoms with E-state index in [1.54, 1.807) is 19.2 Å². The molecule has 0 aliphatic carbocycles. The summed E-state index contributed by atoms with van der Waals surface area (Å²) in [4.78, 5) is 21.8. The molecule has 17 heavy (non-hydrogen) atoms. The maximum absolute atomic E-state index is 11.8. The van der Waals surface area contributed by atoms with Crippen LogP contribution < -0.4 is 10.6 Å². The lowest BCUT2D eigenvalue weighted by Gasteiger charge is -2.20. The van der Waals surface area contributed by atoms with Crippen LogP contribution in [-0.4, -0.2) is 35.9 Å². The van der Waals surface area contributed by atoms with Crippen LogP contribution in [0.3, 0.4) is 0 Å². The lowest BCUT2D eigenvalue weighted by atomic mass is 9.99. The minimum absolute atomic E-state index is 0.371. The number of alkyl halides is 3. The maximum Gasteiger partial charge on any atom is 0.405 e. The second-order valence-electron chi connectivity index (χ2n) is 3.64. The van der Waals surface area contributed by atoms with Crippen molar-refractivity contribution in [2.75, 3.05) is 6.54 Å². The third-order valence-electron chi connectivity index (χ3n) is 2.22. The zero-order chi connectivity index (χ0) is 13.6. The fraction of sp³-hybridized carbons (Fsp3) is 0.778. The average Bonchev–Trinajstić information content (AvgIpc) is 2.20. The zero-order valence-corrected chi connectivity index (χ0v) is 9.47. The number of carboxylic acids is 1. The summed E-state index contributed by atoms with van der Waals surface area (Å²) in [6, 6.07) is -2.34. The lowest BCUT2D eigenvalue weighted by molar-refractivity contribution is -0.140. The number of nitrogens with one attached hydrogen (secondary N) is 2. The molecule has 0 heterocycles. The van der Waals surface area contributed by atoms with Gasteiger partial charge in [0.15, 0.2) is 0 Å². The molecule has 2 atom stereocenters. The van der Waals surface area contributed by atoms with Crippen molar-refractivity contribution in [2.45, 2.75) is 32.5 Å². The van der Waals surface area contributed by atoms with Crippen LogP contribution in [0, 0.1) is 5.92 Å². The first-order valence-electron chi connectivity index (χ1n) is 5.01. The van der Waals surface area contributed by atoms with E-state index >= 15 is 0 Å². The molecule has 2 amide bonds. The van der Waals surface area contributed by atoms with Crippen molar-refractivity contribution in [3.63, 3.8) is 0 Å². The highest BCUT2D eigenvalue weighted by atomic mass is 19.4. The highest BCUT2D eigenvalue weighted by Crippen LogP contribution is 2.12. The number of amides is 2. The Hall–Kier alpha value is -1.47. The molecule has 0 radical (unpaired) electrons. The first-order chi connectivity index (χ1) is 7.67. The molecule has 8 heteroatoms. The summed E-state index contributed by atoms with van der Waals surface area (Å²) in [6.07, 6.45) is -4.04. The Morgan fingerprint density at radius 3 is 2.24 bits per heavy atom. The number of hydrogen-bond donors (Lipinski definition) is 3. The molecule has 100 valence electrons. The van der Waals surface area contributed by atoms with E-state index in [9.17, 15) is 22.8 Å². The molecular weight excluding hydrogens is 241 g/mol. The summed E-state index contributed by atoms with van der Waals surface area (Å²) in [7, 11) is 0. The number of urea groups is 1. The summed E-state index contributed by atoms with van der Waals surface area (Å²) in [5, 5.41) is 12.3. The van der Waals surface area contributed by atoms with Crippen molar-refractivity contribution in [1.82, 2.24) is 10.6 Å². The van der Waals surface area contributed by atoms with Gasteiger partial charge in [0.25, 0.3) is 0 Å². The Morgan fingerprint density at radius 1 is 1.35 bits per heavy atom. The van der Waals surface area contributed by atoms with Crippen molar-refractivity contribution < 1.29 is 27.9 Å². The highest BCUT2D eigenvalue weighted by molar-refractivity contribution is 5.82. The largest absolute Gasteiger partial charge is 0.480 e. The lowest BCUT2D eigenvalue weighted by Crippen LogP contribution is -2.50. The smallest absolute Gasteiger partial charge is 0.405 e. The minimum Gasteiger partial charge on any atom is -0.480 e. The third-order valence-corrected chi connectivity index (χ3v) is 2.22. The van der Waals surface area contributed by atoms with Crippen molar-refractivity contribution >= 4 is 12.0 Å². The van der Waals surface area contributed by atoms with Crippen LogP contribution in [0.2, 0.25) is 0 Å². The molecule has 0 spiro atoms. The van der Waals surface area contributed by atoms with Gasteiger partial charge in [-0.25, -0.2) is 9.59 Å². The third kappa shape index (κ3) is 6.64. The first-order valence-corrected chi connectivity index (χ1v) is 5.01. The predicted molar refractivity (Wildman–Crippen MR) is 53.5 cm³/mol. The van der Waals surface area contributed by atoms with Crippen molar-refractivity contribution in [3.05, 3.63) is 0 Å². The first kappa shape index (κ1) is 15.5. The van der Waals surface area contributed by atoms with E-state index in [0.29, 0.717) is 6.42 Å². The molecule has 0 saturated carbocycles. The Balaban J connectivity index is 4.28. The summed E-state index contributed by atoms with van der Waals surface area (Å²) in [6.45, 7) is 1.81. The van der Waals surface area contributed by atoms with Crippen LogP contribution in [0.4, 0.5) is 18.0 Å². The second kappa shape index (κ2) is 6.31. The van der Waals surface area contributed by atoms with Gasteiger partial charge >= 0.3 is 18.2 Å². The van der Waals surface area contributed by atoms with Crippen LogP contribution in [0.5, 0.6) is 0 Å². The monoisotopic (exact) mass is 256 g/mol. The van der Waals surface area contributed by atoms with Crippen LogP contribution in [0.15, 0.2) is 0 Å². The van der Waals surface area contributed by atoms with E-state index in [4.69, 9.17) is 5.11 Å². The molecule has 0 rings (SSSR count). The Morgan fingerprint density at radius 2 is 1.88 bits per heavy atom. The average molecular weight is 256 g/mol. The van der Waals surface area contributed by atoms with Crippen molar-refractivity contribution in [3.8, 4) is 0 Å².